The Hall–Kier alpha value is -3.08. The lowest BCUT2D eigenvalue weighted by atomic mass is 9.90. The minimum Gasteiger partial charge on any atom is -0.497 e. The topological polar surface area (TPSA) is 58.2 Å². The highest BCUT2D eigenvalue weighted by Gasteiger charge is 2.33. The summed E-state index contributed by atoms with van der Waals surface area (Å²) in [6.07, 6.45) is 2.07. The highest BCUT2D eigenvalue weighted by atomic mass is 16.5. The number of aromatic amines is 1. The molecule has 29 heavy (non-hydrogen) atoms. The number of benzene rings is 2. The van der Waals surface area contributed by atoms with Crippen LogP contribution in [0.4, 0.5) is 0 Å². The van der Waals surface area contributed by atoms with E-state index in [-0.39, 0.29) is 11.3 Å². The van der Waals surface area contributed by atoms with Crippen LogP contribution in [0.5, 0.6) is 5.75 Å². The smallest absolute Gasteiger partial charge is 0.254 e. The van der Waals surface area contributed by atoms with E-state index in [1.165, 1.54) is 11.3 Å². The molecule has 0 saturated heterocycles. The number of amides is 1. The quantitative estimate of drug-likeness (QED) is 0.723. The molecule has 3 aromatic rings. The van der Waals surface area contributed by atoms with Gasteiger partial charge in [0.15, 0.2) is 0 Å². The summed E-state index contributed by atoms with van der Waals surface area (Å²) in [5, 5.41) is 7.82. The van der Waals surface area contributed by atoms with E-state index in [2.05, 4.69) is 30.1 Å². The molecule has 1 amide bonds. The summed E-state index contributed by atoms with van der Waals surface area (Å²) in [5.41, 5.74) is 7.92. The molecule has 0 spiro atoms. The van der Waals surface area contributed by atoms with Crippen LogP contribution in [0.15, 0.2) is 42.5 Å². The first kappa shape index (κ1) is 18.0. The number of aromatic nitrogens is 2. The summed E-state index contributed by atoms with van der Waals surface area (Å²) in [6, 6.07) is 14.0. The molecule has 1 aromatic heterocycles. The summed E-state index contributed by atoms with van der Waals surface area (Å²) >= 11 is 0. The van der Waals surface area contributed by atoms with Crippen molar-refractivity contribution in [2.45, 2.75) is 39.8 Å². The maximum Gasteiger partial charge on any atom is 0.254 e. The molecule has 5 heteroatoms. The third-order valence-electron chi connectivity index (χ3n) is 6.03. The lowest BCUT2D eigenvalue weighted by Gasteiger charge is -2.16. The van der Waals surface area contributed by atoms with Crippen LogP contribution in [0, 0.1) is 5.41 Å². The van der Waals surface area contributed by atoms with E-state index in [1.807, 2.05) is 41.3 Å². The third-order valence-corrected chi connectivity index (χ3v) is 6.03. The van der Waals surface area contributed by atoms with Gasteiger partial charge in [0.25, 0.3) is 5.91 Å². The van der Waals surface area contributed by atoms with Crippen molar-refractivity contribution in [1.82, 2.24) is 15.1 Å². The largest absolute Gasteiger partial charge is 0.497 e. The van der Waals surface area contributed by atoms with E-state index in [4.69, 9.17) is 4.74 Å². The van der Waals surface area contributed by atoms with Gasteiger partial charge in [-0.2, -0.15) is 5.10 Å². The van der Waals surface area contributed by atoms with Gasteiger partial charge in [-0.15, -0.1) is 0 Å². The van der Waals surface area contributed by atoms with E-state index >= 15 is 0 Å². The van der Waals surface area contributed by atoms with Gasteiger partial charge in [-0.05, 0) is 53.6 Å². The fraction of sp³-hybridized carbons (Fsp3) is 0.333. The van der Waals surface area contributed by atoms with Crippen LogP contribution in [0.1, 0.15) is 46.6 Å². The Morgan fingerprint density at radius 3 is 2.86 bits per heavy atom. The van der Waals surface area contributed by atoms with E-state index in [1.54, 1.807) is 7.11 Å². The Bertz CT molecular complexity index is 1110. The van der Waals surface area contributed by atoms with Crippen LogP contribution < -0.4 is 4.74 Å². The molecule has 2 heterocycles. The van der Waals surface area contributed by atoms with E-state index in [9.17, 15) is 4.79 Å². The summed E-state index contributed by atoms with van der Waals surface area (Å²) in [6.45, 7) is 5.79. The number of carbonyl (C=O) groups excluding carboxylic acids is 1. The van der Waals surface area contributed by atoms with Crippen LogP contribution in [0.25, 0.3) is 11.3 Å². The van der Waals surface area contributed by atoms with Gasteiger partial charge in [0.2, 0.25) is 0 Å². The van der Waals surface area contributed by atoms with Crippen molar-refractivity contribution in [3.8, 4) is 17.0 Å². The zero-order valence-corrected chi connectivity index (χ0v) is 17.1. The van der Waals surface area contributed by atoms with Crippen LogP contribution in [-0.2, 0) is 25.9 Å². The fourth-order valence-corrected chi connectivity index (χ4v) is 4.64. The Kier molecular flexibility index (Phi) is 4.02. The number of ether oxygens (including phenoxy) is 1. The molecule has 2 aliphatic rings. The maximum absolute atomic E-state index is 12.9. The van der Waals surface area contributed by atoms with Crippen molar-refractivity contribution < 1.29 is 9.53 Å². The zero-order chi connectivity index (χ0) is 20.2. The summed E-state index contributed by atoms with van der Waals surface area (Å²) in [4.78, 5) is 14.8. The predicted molar refractivity (Wildman–Crippen MR) is 112 cm³/mol. The van der Waals surface area contributed by atoms with Gasteiger partial charge >= 0.3 is 0 Å². The molecule has 1 aliphatic carbocycles. The Morgan fingerprint density at radius 2 is 2.03 bits per heavy atom. The van der Waals surface area contributed by atoms with Gasteiger partial charge in [0.05, 0.1) is 12.8 Å². The van der Waals surface area contributed by atoms with E-state index in [0.717, 1.165) is 46.5 Å². The number of methoxy groups -OCH3 is 1. The number of nitrogens with zero attached hydrogens (tertiary/aromatic N) is 2. The van der Waals surface area contributed by atoms with Crippen LogP contribution in [0.2, 0.25) is 0 Å². The number of rotatable bonds is 4. The van der Waals surface area contributed by atoms with Crippen molar-refractivity contribution in [3.63, 3.8) is 0 Å². The molecule has 0 bridgehead atoms. The van der Waals surface area contributed by atoms with Gasteiger partial charge in [0.1, 0.15) is 5.75 Å². The third kappa shape index (κ3) is 3.11. The minimum absolute atomic E-state index is 0.0859. The summed E-state index contributed by atoms with van der Waals surface area (Å²) in [7, 11) is 1.66. The van der Waals surface area contributed by atoms with Crippen molar-refractivity contribution in [1.29, 1.82) is 0 Å². The van der Waals surface area contributed by atoms with Crippen molar-refractivity contribution in [2.24, 2.45) is 5.41 Å². The van der Waals surface area contributed by atoms with Crippen LogP contribution >= 0.6 is 0 Å². The van der Waals surface area contributed by atoms with Crippen molar-refractivity contribution >= 4 is 5.91 Å². The zero-order valence-electron chi connectivity index (χ0n) is 17.1. The molecule has 0 atom stereocenters. The monoisotopic (exact) mass is 387 g/mol. The molecule has 0 unspecified atom stereocenters. The molecule has 0 saturated carbocycles. The summed E-state index contributed by atoms with van der Waals surface area (Å²) < 4.78 is 5.30. The van der Waals surface area contributed by atoms with E-state index in [0.29, 0.717) is 13.1 Å². The molecule has 5 nitrogen and oxygen atoms in total. The van der Waals surface area contributed by atoms with Crippen LogP contribution in [0.3, 0.4) is 0 Å². The van der Waals surface area contributed by atoms with Gasteiger partial charge in [-0.25, -0.2) is 0 Å². The first-order valence-corrected chi connectivity index (χ1v) is 10.1. The molecule has 148 valence electrons. The second-order valence-electron chi connectivity index (χ2n) is 8.93. The molecular formula is C24H25N3O2. The SMILES string of the molecule is COc1cccc(CN2Cc3cc(-c4n[nH]c5c4CC(C)(C)C5)ccc3C2=O)c1. The molecule has 0 fully saturated rings. The number of nitrogens with one attached hydrogen (secondary N) is 1. The summed E-state index contributed by atoms with van der Waals surface area (Å²) in [5.74, 6) is 0.895. The standard InChI is InChI=1S/C24H25N3O2/c1-24(2)11-20-21(12-24)25-26-22(20)16-7-8-19-17(10-16)14-27(23(19)28)13-15-5-4-6-18(9-15)29-3/h4-10H,11-14H2,1-3H3,(H,25,26). The van der Waals surface area contributed by atoms with E-state index < -0.39 is 0 Å². The van der Waals surface area contributed by atoms with Gasteiger partial charge in [-0.1, -0.05) is 32.0 Å². The minimum atomic E-state index is 0.0859. The van der Waals surface area contributed by atoms with Gasteiger partial charge in [-0.3, -0.25) is 9.89 Å². The Balaban J connectivity index is 1.41. The van der Waals surface area contributed by atoms with Gasteiger partial charge < -0.3 is 9.64 Å². The lowest BCUT2D eigenvalue weighted by molar-refractivity contribution is 0.0766. The second kappa shape index (κ2) is 6.48. The average Bonchev–Trinajstić information content (AvgIpc) is 3.31. The number of hydrogen-bond acceptors (Lipinski definition) is 3. The van der Waals surface area contributed by atoms with Gasteiger partial charge in [0, 0.05) is 35.5 Å². The van der Waals surface area contributed by atoms with Crippen molar-refractivity contribution in [3.05, 3.63) is 70.4 Å². The fourth-order valence-electron chi connectivity index (χ4n) is 4.64. The number of hydrogen-bond donors (Lipinski definition) is 1. The average molecular weight is 387 g/mol. The molecular weight excluding hydrogens is 362 g/mol. The number of carbonyl (C=O) groups is 1. The lowest BCUT2D eigenvalue weighted by Crippen LogP contribution is -2.23. The van der Waals surface area contributed by atoms with Crippen molar-refractivity contribution in [2.75, 3.05) is 7.11 Å². The molecule has 2 aromatic carbocycles. The normalized spacial score (nSPS) is 16.8. The number of H-pyrrole nitrogens is 1. The molecule has 1 N–H and O–H groups in total. The second-order valence-corrected chi connectivity index (χ2v) is 8.93. The first-order valence-electron chi connectivity index (χ1n) is 10.1. The highest BCUT2D eigenvalue weighted by Crippen LogP contribution is 2.40. The Labute approximate surface area is 170 Å². The Morgan fingerprint density at radius 1 is 1.17 bits per heavy atom. The maximum atomic E-state index is 12.9. The number of fused-ring (bicyclic) bond motifs is 2. The molecule has 1 aliphatic heterocycles. The molecule has 0 radical (unpaired) electrons. The predicted octanol–water partition coefficient (Wildman–Crippen LogP) is 4.37. The highest BCUT2D eigenvalue weighted by molar-refractivity contribution is 5.99. The molecule has 5 rings (SSSR count). The van der Waals surface area contributed by atoms with Crippen LogP contribution in [-0.4, -0.2) is 28.1 Å². The first-order chi connectivity index (χ1) is 13.9.